The van der Waals surface area contributed by atoms with E-state index in [1.807, 2.05) is 0 Å². The lowest BCUT2D eigenvalue weighted by Crippen LogP contribution is -2.94. The number of hydrogen-bond donors (Lipinski definition) is 1. The van der Waals surface area contributed by atoms with E-state index >= 15 is 0 Å². The Morgan fingerprint density at radius 1 is 1.56 bits per heavy atom. The molecule has 18 heavy (non-hydrogen) atoms. The molecule has 104 valence electrons. The van der Waals surface area contributed by atoms with Crippen LogP contribution < -0.4 is 5.32 Å². The van der Waals surface area contributed by atoms with Gasteiger partial charge in [-0.15, -0.1) is 0 Å². The van der Waals surface area contributed by atoms with Gasteiger partial charge in [0.15, 0.2) is 0 Å². The summed E-state index contributed by atoms with van der Waals surface area (Å²) in [4.78, 5) is 0. The maximum absolute atomic E-state index is 4.13. The highest BCUT2D eigenvalue weighted by Gasteiger charge is 2.44. The Bertz CT molecular complexity index is 336. The molecule has 2 atom stereocenters. The second-order valence-electron chi connectivity index (χ2n) is 6.76. The molecule has 0 aromatic heterocycles. The topological polar surface area (TPSA) is 16.6 Å². The fourth-order valence-corrected chi connectivity index (χ4v) is 2.91. The van der Waals surface area contributed by atoms with Gasteiger partial charge in [0.2, 0.25) is 0 Å². The Hall–Kier alpha value is -0.560. The van der Waals surface area contributed by atoms with Crippen LogP contribution in [0.5, 0.6) is 0 Å². The van der Waals surface area contributed by atoms with Gasteiger partial charge in [0.1, 0.15) is 0 Å². The number of allylic oxidation sites excluding steroid dienone is 4. The largest absolute Gasteiger partial charge is 0.474 e. The highest BCUT2D eigenvalue weighted by Crippen LogP contribution is 2.43. The first-order valence-electron chi connectivity index (χ1n) is 7.25. The van der Waals surface area contributed by atoms with Gasteiger partial charge < -0.3 is 5.32 Å². The average molecular weight is 249 g/mol. The van der Waals surface area contributed by atoms with E-state index in [1.54, 1.807) is 5.57 Å². The first-order valence-corrected chi connectivity index (χ1v) is 7.25. The molecule has 0 unspecified atom stereocenters. The van der Waals surface area contributed by atoms with Crippen LogP contribution in [-0.4, -0.2) is 5.54 Å². The molecule has 0 aromatic carbocycles. The standard InChI is InChI=1S/C17H31N/c1-14(2)8-7-11-17(5,18-6)16(4)12-9-15(3)10-13-16/h8-9H,6-7,10-13,18H2,1-5H3/t16-,17+/m0/s1. The van der Waals surface area contributed by atoms with Gasteiger partial charge in [-0.3, -0.25) is 0 Å². The Kier molecular flexibility index (Phi) is 5.21. The molecule has 0 saturated carbocycles. The van der Waals surface area contributed by atoms with Crippen molar-refractivity contribution in [2.24, 2.45) is 5.41 Å². The molecule has 1 heteroatoms. The molecular formula is C17H31N. The molecule has 1 aliphatic rings. The molecular weight excluding hydrogens is 218 g/mol. The van der Waals surface area contributed by atoms with Crippen LogP contribution in [0, 0.1) is 12.5 Å². The van der Waals surface area contributed by atoms with Gasteiger partial charge >= 0.3 is 0 Å². The third-order valence-corrected chi connectivity index (χ3v) is 5.02. The highest BCUT2D eigenvalue weighted by atomic mass is 15.0. The molecule has 2 N–H and O–H groups in total. The molecule has 0 radical (unpaired) electrons. The van der Waals surface area contributed by atoms with Crippen LogP contribution in [0.3, 0.4) is 0 Å². The van der Waals surface area contributed by atoms with Crippen LogP contribution in [0.25, 0.3) is 0 Å². The van der Waals surface area contributed by atoms with Gasteiger partial charge in [-0.2, -0.15) is 7.05 Å². The number of rotatable bonds is 5. The summed E-state index contributed by atoms with van der Waals surface area (Å²) in [6.07, 6.45) is 10.9. The molecule has 0 amide bonds. The van der Waals surface area contributed by atoms with Gasteiger partial charge in [0, 0.05) is 11.8 Å². The minimum absolute atomic E-state index is 0.246. The van der Waals surface area contributed by atoms with Crippen LogP contribution in [0.4, 0.5) is 0 Å². The van der Waals surface area contributed by atoms with Crippen molar-refractivity contribution >= 4 is 0 Å². The van der Waals surface area contributed by atoms with E-state index in [0.29, 0.717) is 5.41 Å². The molecule has 0 aliphatic heterocycles. The van der Waals surface area contributed by atoms with E-state index in [0.717, 1.165) is 0 Å². The van der Waals surface area contributed by atoms with E-state index in [-0.39, 0.29) is 5.54 Å². The zero-order chi connectivity index (χ0) is 13.8. The second kappa shape index (κ2) is 6.06. The molecule has 1 nitrogen and oxygen atoms in total. The van der Waals surface area contributed by atoms with E-state index < -0.39 is 0 Å². The Morgan fingerprint density at radius 2 is 2.22 bits per heavy atom. The SMILES string of the molecule is [CH2-][NH2+][C@](C)(CCC=C(C)C)[C@@]1(C)CC=C(C)CC1. The fraction of sp³-hybridized carbons (Fsp3) is 0.706. The van der Waals surface area contributed by atoms with Crippen LogP contribution in [-0.2, 0) is 0 Å². The Balaban J connectivity index is 2.77. The predicted octanol–water partition coefficient (Wildman–Crippen LogP) is 3.98. The summed E-state index contributed by atoms with van der Waals surface area (Å²) in [5.41, 5.74) is 3.61. The lowest BCUT2D eigenvalue weighted by molar-refractivity contribution is -0.691. The maximum atomic E-state index is 4.13. The van der Waals surface area contributed by atoms with E-state index in [4.69, 9.17) is 0 Å². The van der Waals surface area contributed by atoms with Crippen molar-refractivity contribution in [1.29, 1.82) is 0 Å². The number of hydrogen-bond acceptors (Lipinski definition) is 0. The van der Waals surface area contributed by atoms with Crippen molar-refractivity contribution in [3.05, 3.63) is 30.3 Å². The normalized spacial score (nSPS) is 27.3. The van der Waals surface area contributed by atoms with Crippen LogP contribution >= 0.6 is 0 Å². The Morgan fingerprint density at radius 3 is 2.67 bits per heavy atom. The first kappa shape index (κ1) is 15.5. The van der Waals surface area contributed by atoms with Crippen molar-refractivity contribution in [3.63, 3.8) is 0 Å². The predicted molar refractivity (Wildman–Crippen MR) is 80.1 cm³/mol. The van der Waals surface area contributed by atoms with Gasteiger partial charge in [-0.25, -0.2) is 0 Å². The van der Waals surface area contributed by atoms with Gasteiger partial charge in [0.25, 0.3) is 0 Å². The van der Waals surface area contributed by atoms with Gasteiger partial charge in [0.05, 0.1) is 5.54 Å². The molecule has 0 heterocycles. The first-order chi connectivity index (χ1) is 8.33. The van der Waals surface area contributed by atoms with E-state index in [9.17, 15) is 0 Å². The number of nitrogens with two attached hydrogens (primary N) is 1. The summed E-state index contributed by atoms with van der Waals surface area (Å²) >= 11 is 0. The molecule has 1 rings (SSSR count). The van der Waals surface area contributed by atoms with Crippen molar-refractivity contribution < 1.29 is 5.32 Å². The lowest BCUT2D eigenvalue weighted by atomic mass is 9.62. The molecule has 0 saturated heterocycles. The highest BCUT2D eigenvalue weighted by molar-refractivity contribution is 5.10. The third-order valence-electron chi connectivity index (χ3n) is 5.02. The van der Waals surface area contributed by atoms with Crippen LogP contribution in [0.2, 0.25) is 0 Å². The molecule has 0 bridgehead atoms. The van der Waals surface area contributed by atoms with Crippen molar-refractivity contribution in [2.45, 2.75) is 72.3 Å². The van der Waals surface area contributed by atoms with Crippen molar-refractivity contribution in [1.82, 2.24) is 0 Å². The molecule has 0 aromatic rings. The Labute approximate surface area is 114 Å². The van der Waals surface area contributed by atoms with Crippen LogP contribution in [0.15, 0.2) is 23.3 Å². The van der Waals surface area contributed by atoms with Crippen LogP contribution in [0.1, 0.15) is 66.7 Å². The van der Waals surface area contributed by atoms with Gasteiger partial charge in [-0.05, 0) is 53.4 Å². The second-order valence-corrected chi connectivity index (χ2v) is 6.76. The molecule has 0 spiro atoms. The summed E-state index contributed by atoms with van der Waals surface area (Å²) in [6, 6.07) is 0. The number of quaternary nitrogens is 1. The van der Waals surface area contributed by atoms with E-state index in [1.165, 1.54) is 37.7 Å². The smallest absolute Gasteiger partial charge is 0.0755 e. The minimum Gasteiger partial charge on any atom is -0.474 e. The fourth-order valence-electron chi connectivity index (χ4n) is 2.91. The van der Waals surface area contributed by atoms with Crippen molar-refractivity contribution in [2.75, 3.05) is 0 Å². The zero-order valence-electron chi connectivity index (χ0n) is 13.0. The summed E-state index contributed by atoms with van der Waals surface area (Å²) in [6.45, 7) is 11.5. The third kappa shape index (κ3) is 3.47. The van der Waals surface area contributed by atoms with E-state index in [2.05, 4.69) is 59.1 Å². The quantitative estimate of drug-likeness (QED) is 0.560. The monoisotopic (exact) mass is 249 g/mol. The minimum atomic E-state index is 0.246. The molecule has 0 fully saturated rings. The summed E-state index contributed by atoms with van der Waals surface area (Å²) in [5.74, 6) is 0. The van der Waals surface area contributed by atoms with Crippen molar-refractivity contribution in [3.8, 4) is 0 Å². The summed E-state index contributed by atoms with van der Waals surface area (Å²) in [5, 5.41) is 2.21. The summed E-state index contributed by atoms with van der Waals surface area (Å²) < 4.78 is 0. The van der Waals surface area contributed by atoms with Gasteiger partial charge in [-0.1, -0.05) is 30.2 Å². The molecule has 1 aliphatic carbocycles. The zero-order valence-corrected chi connectivity index (χ0v) is 13.0. The average Bonchev–Trinajstić information content (AvgIpc) is 2.32. The maximum Gasteiger partial charge on any atom is 0.0755 e. The lowest BCUT2D eigenvalue weighted by Gasteiger charge is -2.47. The summed E-state index contributed by atoms with van der Waals surface area (Å²) in [7, 11) is 4.13.